The first kappa shape index (κ1) is 18.6. The van der Waals surface area contributed by atoms with Crippen molar-refractivity contribution in [2.75, 3.05) is 0 Å². The van der Waals surface area contributed by atoms with Crippen molar-refractivity contribution in [3.63, 3.8) is 0 Å². The van der Waals surface area contributed by atoms with Gasteiger partial charge in [0.2, 0.25) is 0 Å². The van der Waals surface area contributed by atoms with Gasteiger partial charge >= 0.3 is 5.97 Å². The lowest BCUT2D eigenvalue weighted by molar-refractivity contribution is -0.151. The highest BCUT2D eigenvalue weighted by Gasteiger charge is 2.42. The molecule has 1 aliphatic rings. The van der Waals surface area contributed by atoms with E-state index in [1.54, 1.807) is 0 Å². The molecule has 0 saturated heterocycles. The van der Waals surface area contributed by atoms with E-state index in [0.717, 1.165) is 18.4 Å². The van der Waals surface area contributed by atoms with Crippen LogP contribution in [0.1, 0.15) is 37.7 Å². The maximum atomic E-state index is 14.0. The Morgan fingerprint density at radius 3 is 2.38 bits per heavy atom. The SMILES string of the molecule is O=C(Cc1cc(Cl)c(F)cc1-c1ccccc1)CC1(C(=O)O)CCCC1. The molecular weight excluding hydrogens is 355 g/mol. The third-order valence-corrected chi connectivity index (χ3v) is 5.46. The van der Waals surface area contributed by atoms with Gasteiger partial charge in [-0.1, -0.05) is 54.8 Å². The third kappa shape index (κ3) is 3.80. The van der Waals surface area contributed by atoms with Crippen molar-refractivity contribution in [2.45, 2.75) is 38.5 Å². The van der Waals surface area contributed by atoms with E-state index in [2.05, 4.69) is 0 Å². The molecule has 0 aromatic heterocycles. The fourth-order valence-corrected chi connectivity index (χ4v) is 3.98. The highest BCUT2D eigenvalue weighted by atomic mass is 35.5. The summed E-state index contributed by atoms with van der Waals surface area (Å²) in [6.07, 6.45) is 2.77. The summed E-state index contributed by atoms with van der Waals surface area (Å²) in [7, 11) is 0. The minimum atomic E-state index is -0.951. The van der Waals surface area contributed by atoms with Crippen molar-refractivity contribution in [3.05, 3.63) is 58.9 Å². The Hall–Kier alpha value is -2.20. The Morgan fingerprint density at radius 2 is 1.77 bits per heavy atom. The summed E-state index contributed by atoms with van der Waals surface area (Å²) in [4.78, 5) is 24.3. The number of carbonyl (C=O) groups excluding carboxylic acids is 1. The number of Topliss-reactive ketones (excluding diaryl/α,β-unsaturated/α-hetero) is 1. The van der Waals surface area contributed by atoms with E-state index in [0.29, 0.717) is 24.0 Å². The van der Waals surface area contributed by atoms with Crippen molar-refractivity contribution in [1.82, 2.24) is 0 Å². The van der Waals surface area contributed by atoms with E-state index in [1.807, 2.05) is 30.3 Å². The minimum absolute atomic E-state index is 0.00551. The molecule has 2 aromatic carbocycles. The Balaban J connectivity index is 1.88. The number of carbonyl (C=O) groups is 2. The van der Waals surface area contributed by atoms with Crippen LogP contribution in [0.15, 0.2) is 42.5 Å². The molecule has 3 rings (SSSR count). The van der Waals surface area contributed by atoms with Crippen LogP contribution in [0, 0.1) is 11.2 Å². The lowest BCUT2D eigenvalue weighted by Gasteiger charge is -2.23. The highest BCUT2D eigenvalue weighted by Crippen LogP contribution is 2.42. The summed E-state index contributed by atoms with van der Waals surface area (Å²) in [6.45, 7) is 0. The van der Waals surface area contributed by atoms with Crippen LogP contribution >= 0.6 is 11.6 Å². The van der Waals surface area contributed by atoms with Crippen molar-refractivity contribution in [1.29, 1.82) is 0 Å². The van der Waals surface area contributed by atoms with Crippen LogP contribution in [0.2, 0.25) is 5.02 Å². The molecule has 1 fully saturated rings. The molecule has 136 valence electrons. The fourth-order valence-electron chi connectivity index (χ4n) is 3.79. The highest BCUT2D eigenvalue weighted by molar-refractivity contribution is 6.31. The van der Waals surface area contributed by atoms with Gasteiger partial charge in [0.15, 0.2) is 0 Å². The van der Waals surface area contributed by atoms with E-state index in [-0.39, 0.29) is 23.6 Å². The van der Waals surface area contributed by atoms with Gasteiger partial charge in [-0.25, -0.2) is 4.39 Å². The Kier molecular flexibility index (Phi) is 5.42. The largest absolute Gasteiger partial charge is 0.481 e. The van der Waals surface area contributed by atoms with E-state index >= 15 is 0 Å². The lowest BCUT2D eigenvalue weighted by Crippen LogP contribution is -2.31. The van der Waals surface area contributed by atoms with E-state index in [9.17, 15) is 19.1 Å². The van der Waals surface area contributed by atoms with Crippen molar-refractivity contribution in [2.24, 2.45) is 5.41 Å². The average Bonchev–Trinajstić information content (AvgIpc) is 3.08. The fraction of sp³-hybridized carbons (Fsp3) is 0.333. The molecule has 5 heteroatoms. The van der Waals surface area contributed by atoms with Crippen LogP contribution < -0.4 is 0 Å². The zero-order valence-electron chi connectivity index (χ0n) is 14.3. The molecule has 1 aliphatic carbocycles. The summed E-state index contributed by atoms with van der Waals surface area (Å²) in [5.41, 5.74) is 1.07. The number of rotatable bonds is 6. The van der Waals surface area contributed by atoms with Gasteiger partial charge in [0, 0.05) is 12.8 Å². The molecule has 2 aromatic rings. The van der Waals surface area contributed by atoms with Gasteiger partial charge in [0.25, 0.3) is 0 Å². The van der Waals surface area contributed by atoms with Gasteiger partial charge < -0.3 is 5.11 Å². The van der Waals surface area contributed by atoms with E-state index in [1.165, 1.54) is 12.1 Å². The first-order chi connectivity index (χ1) is 12.4. The van der Waals surface area contributed by atoms with Gasteiger partial charge in [-0.05, 0) is 41.7 Å². The molecule has 1 N–H and O–H groups in total. The van der Waals surface area contributed by atoms with E-state index < -0.39 is 17.2 Å². The Labute approximate surface area is 156 Å². The number of carboxylic acids is 1. The number of benzene rings is 2. The van der Waals surface area contributed by atoms with Gasteiger partial charge in [0.1, 0.15) is 11.6 Å². The second kappa shape index (κ2) is 7.58. The van der Waals surface area contributed by atoms with Crippen molar-refractivity contribution >= 4 is 23.4 Å². The lowest BCUT2D eigenvalue weighted by atomic mass is 9.80. The Bertz CT molecular complexity index is 827. The first-order valence-electron chi connectivity index (χ1n) is 8.70. The molecule has 0 atom stereocenters. The quantitative estimate of drug-likeness (QED) is 0.747. The summed E-state index contributed by atoms with van der Waals surface area (Å²) < 4.78 is 14.0. The maximum Gasteiger partial charge on any atom is 0.310 e. The number of aliphatic carboxylic acids is 1. The molecule has 3 nitrogen and oxygen atoms in total. The predicted octanol–water partition coefficient (Wildman–Crippen LogP) is 5.29. The smallest absolute Gasteiger partial charge is 0.310 e. The van der Waals surface area contributed by atoms with Crippen LogP contribution in [0.5, 0.6) is 0 Å². The maximum absolute atomic E-state index is 14.0. The molecular formula is C21H20ClFO3. The summed E-state index contributed by atoms with van der Waals surface area (Å²) in [5, 5.41) is 9.53. The monoisotopic (exact) mass is 374 g/mol. The van der Waals surface area contributed by atoms with Crippen molar-refractivity contribution in [3.8, 4) is 11.1 Å². The molecule has 0 aliphatic heterocycles. The molecule has 26 heavy (non-hydrogen) atoms. The minimum Gasteiger partial charge on any atom is -0.481 e. The topological polar surface area (TPSA) is 54.4 Å². The second-order valence-corrected chi connectivity index (χ2v) is 7.38. The first-order valence-corrected chi connectivity index (χ1v) is 9.07. The third-order valence-electron chi connectivity index (χ3n) is 5.17. The Morgan fingerprint density at radius 1 is 1.12 bits per heavy atom. The molecule has 0 unspecified atom stereocenters. The summed E-state index contributed by atoms with van der Waals surface area (Å²) in [6, 6.07) is 12.0. The molecule has 0 bridgehead atoms. The van der Waals surface area contributed by atoms with Crippen LogP contribution in [0.3, 0.4) is 0 Å². The predicted molar refractivity (Wildman–Crippen MR) is 98.7 cm³/mol. The second-order valence-electron chi connectivity index (χ2n) is 6.97. The van der Waals surface area contributed by atoms with E-state index in [4.69, 9.17) is 11.6 Å². The normalized spacial score (nSPS) is 15.8. The summed E-state index contributed by atoms with van der Waals surface area (Å²) >= 11 is 5.92. The van der Waals surface area contributed by atoms with Crippen LogP contribution in [0.25, 0.3) is 11.1 Å². The molecule has 1 saturated carbocycles. The van der Waals surface area contributed by atoms with Gasteiger partial charge in [-0.15, -0.1) is 0 Å². The van der Waals surface area contributed by atoms with Crippen LogP contribution in [0.4, 0.5) is 4.39 Å². The molecule has 0 spiro atoms. The number of ketones is 1. The number of hydrogen-bond acceptors (Lipinski definition) is 2. The number of carboxylic acid groups (broad SMARTS) is 1. The average molecular weight is 375 g/mol. The summed E-state index contributed by atoms with van der Waals surface area (Å²) in [5.74, 6) is -1.60. The molecule has 0 heterocycles. The van der Waals surface area contributed by atoms with Gasteiger partial charge in [0.05, 0.1) is 10.4 Å². The molecule has 0 amide bonds. The molecule has 0 radical (unpaired) electrons. The van der Waals surface area contributed by atoms with Crippen molar-refractivity contribution < 1.29 is 19.1 Å². The van der Waals surface area contributed by atoms with Gasteiger partial charge in [-0.2, -0.15) is 0 Å². The standard InChI is InChI=1S/C21H20ClFO3/c22-18-11-15(17(12-19(18)23)14-6-2-1-3-7-14)10-16(24)13-21(20(25)26)8-4-5-9-21/h1-3,6-7,11-12H,4-5,8-10,13H2,(H,25,26). The van der Waals surface area contributed by atoms with Gasteiger partial charge in [-0.3, -0.25) is 9.59 Å². The zero-order chi connectivity index (χ0) is 18.7. The number of hydrogen-bond donors (Lipinski definition) is 1. The number of halogens is 2. The zero-order valence-corrected chi connectivity index (χ0v) is 15.1. The van der Waals surface area contributed by atoms with Crippen LogP contribution in [-0.4, -0.2) is 16.9 Å². The van der Waals surface area contributed by atoms with Crippen LogP contribution in [-0.2, 0) is 16.0 Å².